The fourth-order valence-electron chi connectivity index (χ4n) is 10.8. The van der Waals surface area contributed by atoms with Crippen LogP contribution >= 0.6 is 0 Å². The van der Waals surface area contributed by atoms with Crippen LogP contribution in [-0.4, -0.2) is 141 Å². The second-order valence-corrected chi connectivity index (χ2v) is 23.0. The fourth-order valence-corrected chi connectivity index (χ4v) is 10.8. The number of piperidine rings is 4. The Morgan fingerprint density at radius 2 is 0.690 bits per heavy atom. The van der Waals surface area contributed by atoms with Crippen LogP contribution in [0.1, 0.15) is 161 Å². The highest BCUT2D eigenvalue weighted by molar-refractivity contribution is 5.88. The first-order valence-corrected chi connectivity index (χ1v) is 21.9. The molecule has 0 spiro atoms. The van der Waals surface area contributed by atoms with E-state index >= 15 is 0 Å². The lowest BCUT2D eigenvalue weighted by Gasteiger charge is -2.53. The Hall–Kier alpha value is -2.28. The molecule has 0 amide bonds. The largest absolute Gasteiger partial charge is 0.462 e. The van der Waals surface area contributed by atoms with E-state index in [4.69, 9.17) is 18.9 Å². The number of hydrogen-bond donors (Lipinski definition) is 0. The zero-order valence-corrected chi connectivity index (χ0v) is 39.8. The van der Waals surface area contributed by atoms with E-state index in [1.54, 1.807) is 0 Å². The summed E-state index contributed by atoms with van der Waals surface area (Å²) in [6.45, 7) is 30.5. The summed E-state index contributed by atoms with van der Waals surface area (Å²) in [6.07, 6.45) is 2.26. The van der Waals surface area contributed by atoms with Crippen molar-refractivity contribution >= 4 is 23.9 Å². The maximum absolute atomic E-state index is 14.7. The first-order valence-electron chi connectivity index (χ1n) is 21.9. The summed E-state index contributed by atoms with van der Waals surface area (Å²) in [4.78, 5) is 66.8. The van der Waals surface area contributed by atoms with Crippen LogP contribution in [0.15, 0.2) is 0 Å². The van der Waals surface area contributed by atoms with Gasteiger partial charge in [0.15, 0.2) is 0 Å². The molecular weight excluding hydrogens is 737 g/mol. The Morgan fingerprint density at radius 3 is 0.983 bits per heavy atom. The smallest absolute Gasteiger partial charge is 0.310 e. The van der Waals surface area contributed by atoms with Crippen molar-refractivity contribution in [2.45, 2.75) is 224 Å². The first kappa shape index (κ1) is 48.4. The summed E-state index contributed by atoms with van der Waals surface area (Å²) in [6, 6.07) is 0. The third-order valence-electron chi connectivity index (χ3n) is 15.4. The third-order valence-corrected chi connectivity index (χ3v) is 15.4. The van der Waals surface area contributed by atoms with Crippen LogP contribution < -0.4 is 0 Å². The van der Waals surface area contributed by atoms with Crippen LogP contribution in [0.5, 0.6) is 0 Å². The number of carbonyl (C=O) groups is 4. The van der Waals surface area contributed by atoms with Gasteiger partial charge in [-0.15, -0.1) is 0 Å². The maximum Gasteiger partial charge on any atom is 0.310 e. The van der Waals surface area contributed by atoms with Crippen LogP contribution in [0.3, 0.4) is 0 Å². The molecule has 0 aliphatic carbocycles. The van der Waals surface area contributed by atoms with Gasteiger partial charge in [-0.3, -0.25) is 33.9 Å². The second kappa shape index (κ2) is 16.9. The molecule has 58 heavy (non-hydrogen) atoms. The third kappa shape index (κ3) is 11.1. The molecule has 0 aromatic heterocycles. The van der Waals surface area contributed by atoms with E-state index in [0.29, 0.717) is 51.4 Å². The highest BCUT2D eigenvalue weighted by Gasteiger charge is 2.50. The van der Waals surface area contributed by atoms with E-state index in [1.165, 1.54) is 0 Å². The minimum Gasteiger partial charge on any atom is -0.462 e. The molecule has 0 aromatic rings. The highest BCUT2D eigenvalue weighted by Crippen LogP contribution is 2.42. The van der Waals surface area contributed by atoms with Gasteiger partial charge in [0.1, 0.15) is 24.4 Å². The number of ether oxygens (including phenoxy) is 4. The van der Waals surface area contributed by atoms with Crippen LogP contribution in [0.2, 0.25) is 0 Å². The molecule has 0 N–H and O–H groups in total. The maximum atomic E-state index is 14.7. The van der Waals surface area contributed by atoms with Crippen molar-refractivity contribution in [3.8, 4) is 0 Å². The lowest BCUT2D eigenvalue weighted by molar-refractivity contribution is -0.181. The van der Waals surface area contributed by atoms with Crippen LogP contribution in [0, 0.1) is 11.8 Å². The molecule has 0 bridgehead atoms. The Bertz CT molecular complexity index is 1460. The van der Waals surface area contributed by atoms with Gasteiger partial charge in [-0.1, -0.05) is 0 Å². The Kier molecular flexibility index (Phi) is 14.1. The van der Waals surface area contributed by atoms with Crippen molar-refractivity contribution in [3.63, 3.8) is 0 Å². The first-order chi connectivity index (χ1) is 26.2. The molecule has 4 fully saturated rings. The number of nitrogens with zero attached hydrogens (tertiary/aromatic N) is 4. The standard InChI is InChI=1S/C46H82N4O8/c1-40(2)23-30(19-20-47(40)15)57-38(53)34(21-36(51)55-31-24-41(3,4)48(16)42(5,6)25-31)35(39(54)58-33-28-45(11,12)50(18)46(13,14)29-33)22-37(52)56-32-26-43(7,8)49(17)44(9,10)27-32/h30-35H,19-29H2,1-18H3. The lowest BCUT2D eigenvalue weighted by atomic mass is 9.78. The average Bonchev–Trinajstić information content (AvgIpc) is 3.03. The molecular formula is C46H82N4O8. The van der Waals surface area contributed by atoms with Crippen molar-refractivity contribution in [2.75, 3.05) is 34.7 Å². The predicted octanol–water partition coefficient (Wildman–Crippen LogP) is 7.00. The number of carbonyl (C=O) groups excluding carboxylic acids is 4. The Morgan fingerprint density at radius 1 is 0.431 bits per heavy atom. The average molecular weight is 819 g/mol. The molecule has 4 aliphatic rings. The molecule has 3 unspecified atom stereocenters. The van der Waals surface area contributed by atoms with E-state index in [1.807, 2.05) is 0 Å². The second-order valence-electron chi connectivity index (χ2n) is 23.0. The SMILES string of the molecule is CN1CCC(OC(=O)C(CC(=O)OC2CC(C)(C)N(C)C(C)(C)C2)C(CC(=O)OC2CC(C)(C)N(C)C(C)(C)C2)C(=O)OC2CC(C)(C)N(C)C(C)(C)C2)CC1(C)C. The van der Waals surface area contributed by atoms with Gasteiger partial charge in [0, 0.05) is 90.3 Å². The normalized spacial score (nSPS) is 28.8. The molecule has 334 valence electrons. The zero-order chi connectivity index (χ0) is 44.2. The Labute approximate surface area is 351 Å². The predicted molar refractivity (Wildman–Crippen MR) is 227 cm³/mol. The summed E-state index contributed by atoms with van der Waals surface area (Å²) < 4.78 is 25.0. The van der Waals surface area contributed by atoms with Gasteiger partial charge >= 0.3 is 23.9 Å². The van der Waals surface area contributed by atoms with Gasteiger partial charge in [0.25, 0.3) is 0 Å². The lowest BCUT2D eigenvalue weighted by Crippen LogP contribution is -2.60. The minimum atomic E-state index is -1.32. The van der Waals surface area contributed by atoms with Gasteiger partial charge in [-0.2, -0.15) is 0 Å². The molecule has 0 radical (unpaired) electrons. The highest BCUT2D eigenvalue weighted by atomic mass is 16.6. The Balaban J connectivity index is 1.69. The number of rotatable bonds is 11. The van der Waals surface area contributed by atoms with Crippen molar-refractivity contribution in [3.05, 3.63) is 0 Å². The number of hydrogen-bond acceptors (Lipinski definition) is 12. The van der Waals surface area contributed by atoms with Gasteiger partial charge < -0.3 is 23.8 Å². The number of esters is 4. The van der Waals surface area contributed by atoms with Gasteiger partial charge in [-0.05, 0) is 132 Å². The van der Waals surface area contributed by atoms with E-state index in [9.17, 15) is 19.2 Å². The van der Waals surface area contributed by atoms with Crippen LogP contribution in [-0.2, 0) is 38.1 Å². The van der Waals surface area contributed by atoms with Gasteiger partial charge in [-0.25, -0.2) is 0 Å². The summed E-state index contributed by atoms with van der Waals surface area (Å²) in [5.74, 6) is -5.22. The number of likely N-dealkylation sites (tertiary alicyclic amines) is 4. The van der Waals surface area contributed by atoms with E-state index in [2.05, 4.69) is 145 Å². The summed E-state index contributed by atoms with van der Waals surface area (Å²) in [5, 5.41) is 0. The summed E-state index contributed by atoms with van der Waals surface area (Å²) >= 11 is 0. The van der Waals surface area contributed by atoms with Gasteiger partial charge in [0.05, 0.1) is 24.7 Å². The van der Waals surface area contributed by atoms with E-state index in [-0.39, 0.29) is 38.8 Å². The zero-order valence-electron chi connectivity index (χ0n) is 39.8. The van der Waals surface area contributed by atoms with Gasteiger partial charge in [0.2, 0.25) is 0 Å². The molecule has 12 heteroatoms. The summed E-state index contributed by atoms with van der Waals surface area (Å²) in [5.41, 5.74) is -1.76. The van der Waals surface area contributed by atoms with Crippen LogP contribution in [0.4, 0.5) is 0 Å². The molecule has 4 saturated heterocycles. The molecule has 0 saturated carbocycles. The fraction of sp³-hybridized carbons (Fsp3) is 0.913. The van der Waals surface area contributed by atoms with Crippen molar-refractivity contribution < 1.29 is 38.1 Å². The minimum absolute atomic E-state index is 0.225. The molecule has 0 aromatic carbocycles. The monoisotopic (exact) mass is 819 g/mol. The summed E-state index contributed by atoms with van der Waals surface area (Å²) in [7, 11) is 8.31. The van der Waals surface area contributed by atoms with Crippen molar-refractivity contribution in [1.29, 1.82) is 0 Å². The topological polar surface area (TPSA) is 118 Å². The quantitative estimate of drug-likeness (QED) is 0.158. The molecule has 4 aliphatic heterocycles. The molecule has 12 nitrogen and oxygen atoms in total. The molecule has 3 atom stereocenters. The van der Waals surface area contributed by atoms with Crippen molar-refractivity contribution in [2.24, 2.45) is 11.8 Å². The molecule has 4 heterocycles. The van der Waals surface area contributed by atoms with E-state index < -0.39 is 73.0 Å². The van der Waals surface area contributed by atoms with Crippen molar-refractivity contribution in [1.82, 2.24) is 19.6 Å². The molecule has 4 rings (SSSR count). The van der Waals surface area contributed by atoms with E-state index in [0.717, 1.165) is 6.54 Å². The van der Waals surface area contributed by atoms with Crippen LogP contribution in [0.25, 0.3) is 0 Å².